The molecule has 0 aliphatic carbocycles. The Balaban J connectivity index is 2.14. The average molecular weight is 210 g/mol. The van der Waals surface area contributed by atoms with Crippen molar-refractivity contribution in [3.8, 4) is 0 Å². The fraction of sp³-hybridized carbons (Fsp3) is 0.846. The molecule has 2 heteroatoms. The normalized spacial score (nSPS) is 22.9. The van der Waals surface area contributed by atoms with Crippen LogP contribution in [0.15, 0.2) is 12.7 Å². The van der Waals surface area contributed by atoms with Crippen LogP contribution in [0.5, 0.6) is 0 Å². The fourth-order valence-electron chi connectivity index (χ4n) is 2.28. The molecule has 0 bridgehead atoms. The van der Waals surface area contributed by atoms with Gasteiger partial charge in [0.1, 0.15) is 0 Å². The van der Waals surface area contributed by atoms with Gasteiger partial charge in [0.2, 0.25) is 0 Å². The third-order valence-electron chi connectivity index (χ3n) is 3.11. The molecule has 1 aliphatic rings. The molecule has 1 N–H and O–H groups in total. The molecule has 1 atom stereocenters. The van der Waals surface area contributed by atoms with Gasteiger partial charge in [0.15, 0.2) is 0 Å². The van der Waals surface area contributed by atoms with E-state index in [1.54, 1.807) is 0 Å². The number of hydrogen-bond donors (Lipinski definition) is 1. The Morgan fingerprint density at radius 3 is 3.13 bits per heavy atom. The summed E-state index contributed by atoms with van der Waals surface area (Å²) in [6.07, 6.45) is 7.18. The van der Waals surface area contributed by atoms with Crippen molar-refractivity contribution in [3.05, 3.63) is 12.7 Å². The second-order valence-electron chi connectivity index (χ2n) is 4.59. The first-order valence-electron chi connectivity index (χ1n) is 6.40. The lowest BCUT2D eigenvalue weighted by atomic mass is 9.98. The van der Waals surface area contributed by atoms with Crippen LogP contribution in [0.3, 0.4) is 0 Å². The van der Waals surface area contributed by atoms with Crippen molar-refractivity contribution in [2.24, 2.45) is 5.92 Å². The van der Waals surface area contributed by atoms with Gasteiger partial charge in [-0.3, -0.25) is 0 Å². The Bertz CT molecular complexity index is 168. The van der Waals surface area contributed by atoms with E-state index in [9.17, 15) is 0 Å². The molecule has 0 radical (unpaired) electrons. The second kappa shape index (κ2) is 7.89. The highest BCUT2D eigenvalue weighted by Gasteiger charge is 2.18. The largest absolute Gasteiger partial charge is 0.316 e. The van der Waals surface area contributed by atoms with Crippen molar-refractivity contribution >= 4 is 0 Å². The van der Waals surface area contributed by atoms with Gasteiger partial charge in [-0.1, -0.05) is 13.0 Å². The zero-order valence-electron chi connectivity index (χ0n) is 10.2. The van der Waals surface area contributed by atoms with E-state index in [2.05, 4.69) is 23.7 Å². The van der Waals surface area contributed by atoms with Crippen LogP contribution in [0.2, 0.25) is 0 Å². The number of piperidine rings is 1. The van der Waals surface area contributed by atoms with E-state index in [4.69, 9.17) is 0 Å². The minimum absolute atomic E-state index is 0.870. The topological polar surface area (TPSA) is 15.3 Å². The molecule has 15 heavy (non-hydrogen) atoms. The highest BCUT2D eigenvalue weighted by molar-refractivity contribution is 4.77. The summed E-state index contributed by atoms with van der Waals surface area (Å²) in [5, 5.41) is 3.53. The molecule has 2 nitrogen and oxygen atoms in total. The van der Waals surface area contributed by atoms with E-state index < -0.39 is 0 Å². The predicted molar refractivity (Wildman–Crippen MR) is 67.1 cm³/mol. The lowest BCUT2D eigenvalue weighted by Crippen LogP contribution is -2.40. The van der Waals surface area contributed by atoms with Crippen molar-refractivity contribution in [1.29, 1.82) is 0 Å². The number of nitrogens with one attached hydrogen (secondary N) is 1. The molecule has 1 aliphatic heterocycles. The first kappa shape index (κ1) is 12.7. The molecule has 1 saturated heterocycles. The number of rotatable bonds is 7. The van der Waals surface area contributed by atoms with Gasteiger partial charge >= 0.3 is 0 Å². The maximum atomic E-state index is 3.79. The van der Waals surface area contributed by atoms with Gasteiger partial charge in [-0.05, 0) is 51.2 Å². The van der Waals surface area contributed by atoms with E-state index >= 15 is 0 Å². The van der Waals surface area contributed by atoms with Gasteiger partial charge in [-0.25, -0.2) is 0 Å². The highest BCUT2D eigenvalue weighted by Crippen LogP contribution is 2.15. The Labute approximate surface area is 94.7 Å². The van der Waals surface area contributed by atoms with E-state index in [0.717, 1.165) is 12.3 Å². The van der Waals surface area contributed by atoms with Crippen molar-refractivity contribution in [3.63, 3.8) is 0 Å². The lowest BCUT2D eigenvalue weighted by Gasteiger charge is -2.32. The maximum Gasteiger partial charge on any atom is 0.00219 e. The molecule has 0 aromatic rings. The van der Waals surface area contributed by atoms with Crippen LogP contribution in [-0.2, 0) is 0 Å². The summed E-state index contributed by atoms with van der Waals surface area (Å²) in [7, 11) is 0. The van der Waals surface area contributed by atoms with Crippen LogP contribution >= 0.6 is 0 Å². The average Bonchev–Trinajstić information content (AvgIpc) is 2.27. The molecule has 0 aromatic carbocycles. The molecule has 0 spiro atoms. The Hall–Kier alpha value is -0.340. The smallest absolute Gasteiger partial charge is 0.00219 e. The molecule has 0 aromatic heterocycles. The van der Waals surface area contributed by atoms with Crippen molar-refractivity contribution in [1.82, 2.24) is 10.2 Å². The van der Waals surface area contributed by atoms with E-state index in [-0.39, 0.29) is 0 Å². The van der Waals surface area contributed by atoms with E-state index in [1.807, 2.05) is 6.08 Å². The molecule has 0 saturated carbocycles. The second-order valence-corrected chi connectivity index (χ2v) is 4.59. The Morgan fingerprint density at radius 1 is 1.53 bits per heavy atom. The zero-order chi connectivity index (χ0) is 10.9. The van der Waals surface area contributed by atoms with Gasteiger partial charge in [-0.2, -0.15) is 0 Å². The van der Waals surface area contributed by atoms with Crippen LogP contribution in [0.4, 0.5) is 0 Å². The van der Waals surface area contributed by atoms with E-state index in [0.29, 0.717) is 0 Å². The Morgan fingerprint density at radius 2 is 2.40 bits per heavy atom. The van der Waals surface area contributed by atoms with E-state index in [1.165, 1.54) is 52.0 Å². The van der Waals surface area contributed by atoms with Crippen LogP contribution in [0.25, 0.3) is 0 Å². The number of nitrogens with zero attached hydrogens (tertiary/aromatic N) is 1. The first-order chi connectivity index (χ1) is 7.36. The monoisotopic (exact) mass is 210 g/mol. The van der Waals surface area contributed by atoms with Crippen LogP contribution in [0, 0.1) is 5.92 Å². The Kier molecular flexibility index (Phi) is 6.69. The third kappa shape index (κ3) is 5.33. The minimum atomic E-state index is 0.870. The SMILES string of the molecule is C=CCCN1CCCC(CNCCC)C1. The quantitative estimate of drug-likeness (QED) is 0.512. The maximum absolute atomic E-state index is 3.79. The predicted octanol–water partition coefficient (Wildman–Crippen LogP) is 2.27. The minimum Gasteiger partial charge on any atom is -0.316 e. The van der Waals surface area contributed by atoms with Crippen LogP contribution in [0.1, 0.15) is 32.6 Å². The summed E-state index contributed by atoms with van der Waals surface area (Å²) in [6, 6.07) is 0. The van der Waals surface area contributed by atoms with Crippen molar-refractivity contribution < 1.29 is 0 Å². The lowest BCUT2D eigenvalue weighted by molar-refractivity contribution is 0.175. The van der Waals surface area contributed by atoms with Gasteiger partial charge in [0, 0.05) is 13.1 Å². The fourth-order valence-corrected chi connectivity index (χ4v) is 2.28. The molecular formula is C13H26N2. The van der Waals surface area contributed by atoms with Crippen LogP contribution in [-0.4, -0.2) is 37.6 Å². The zero-order valence-corrected chi connectivity index (χ0v) is 10.2. The van der Waals surface area contributed by atoms with Gasteiger partial charge in [0.25, 0.3) is 0 Å². The number of likely N-dealkylation sites (tertiary alicyclic amines) is 1. The first-order valence-corrected chi connectivity index (χ1v) is 6.40. The molecule has 1 fully saturated rings. The molecule has 88 valence electrons. The molecule has 1 rings (SSSR count). The summed E-state index contributed by atoms with van der Waals surface area (Å²) < 4.78 is 0. The van der Waals surface area contributed by atoms with Gasteiger partial charge in [0.05, 0.1) is 0 Å². The standard InChI is InChI=1S/C13H26N2/c1-3-5-9-15-10-6-7-13(12-15)11-14-8-4-2/h3,13-14H,1,4-12H2,2H3. The van der Waals surface area contributed by atoms with Crippen molar-refractivity contribution in [2.75, 3.05) is 32.7 Å². The molecule has 1 heterocycles. The summed E-state index contributed by atoms with van der Waals surface area (Å²) in [6.45, 7) is 12.2. The van der Waals surface area contributed by atoms with Gasteiger partial charge in [-0.15, -0.1) is 6.58 Å². The highest BCUT2D eigenvalue weighted by atomic mass is 15.1. The van der Waals surface area contributed by atoms with Gasteiger partial charge < -0.3 is 10.2 Å². The summed E-state index contributed by atoms with van der Waals surface area (Å²) >= 11 is 0. The summed E-state index contributed by atoms with van der Waals surface area (Å²) in [4.78, 5) is 2.59. The molecular weight excluding hydrogens is 184 g/mol. The molecule has 1 unspecified atom stereocenters. The third-order valence-corrected chi connectivity index (χ3v) is 3.11. The van der Waals surface area contributed by atoms with Crippen LogP contribution < -0.4 is 5.32 Å². The summed E-state index contributed by atoms with van der Waals surface area (Å²) in [5.74, 6) is 0.870. The summed E-state index contributed by atoms with van der Waals surface area (Å²) in [5.41, 5.74) is 0. The van der Waals surface area contributed by atoms with Crippen molar-refractivity contribution in [2.45, 2.75) is 32.6 Å². The number of hydrogen-bond acceptors (Lipinski definition) is 2. The molecule has 0 amide bonds.